The van der Waals surface area contributed by atoms with E-state index >= 15 is 0 Å². The number of aromatic hydroxyl groups is 1. The molecule has 2 saturated carbocycles. The largest absolute Gasteiger partial charge is 0.508 e. The van der Waals surface area contributed by atoms with Gasteiger partial charge in [0.25, 0.3) is 0 Å². The number of hydrogen-bond donors (Lipinski definition) is 1. The molecule has 0 spiro atoms. The Labute approximate surface area is 270 Å². The Hall–Kier alpha value is -2.00. The summed E-state index contributed by atoms with van der Waals surface area (Å²) in [4.78, 5) is 0. The highest BCUT2D eigenvalue weighted by molar-refractivity contribution is 5.40. The van der Waals surface area contributed by atoms with E-state index in [1.54, 1.807) is 0 Å². The first-order valence-electron chi connectivity index (χ1n) is 17.4. The van der Waals surface area contributed by atoms with Crippen LogP contribution in [-0.2, 0) is 41.4 Å². The van der Waals surface area contributed by atoms with Gasteiger partial charge >= 0.3 is 0 Å². The molecule has 0 aromatic heterocycles. The molecule has 0 heterocycles. The maximum Gasteiger partial charge on any atom is 0.115 e. The topological polar surface area (TPSA) is 75.6 Å². The van der Waals surface area contributed by atoms with Crippen molar-refractivity contribution in [2.24, 2.45) is 23.2 Å². The highest BCUT2D eigenvalue weighted by Gasteiger charge is 2.57. The summed E-state index contributed by atoms with van der Waals surface area (Å²) in [5.41, 5.74) is 4.34. The number of methoxy groups -OCH3 is 1. The molecule has 3 aliphatic carbocycles. The normalized spacial score (nSPS) is 27.2. The van der Waals surface area contributed by atoms with E-state index in [1.807, 2.05) is 37.4 Å². The standard InChI is InChI=1S/C38H56O7/c1-38-16-15-34-33-12-11-32(39)27-31(33)26-30(37(34)35(38)13-14-36(38)40-2)10-6-7-17-41-18-19-42-20-21-43-22-23-44-24-25-45-28-29-8-4-3-5-9-29/h3-5,8-9,11-12,27,30,34-37,39H,6-7,10,13-26,28H2,1-2H3. The second-order valence-electron chi connectivity index (χ2n) is 13.5. The van der Waals surface area contributed by atoms with Gasteiger partial charge in [-0.2, -0.15) is 0 Å². The zero-order chi connectivity index (χ0) is 31.3. The molecule has 3 aliphatic rings. The molecule has 0 aliphatic heterocycles. The molecule has 2 aromatic rings. The van der Waals surface area contributed by atoms with Gasteiger partial charge in [0.05, 0.1) is 65.6 Å². The molecule has 0 bridgehead atoms. The Kier molecular flexibility index (Phi) is 13.6. The van der Waals surface area contributed by atoms with Crippen molar-refractivity contribution >= 4 is 0 Å². The van der Waals surface area contributed by atoms with Crippen molar-refractivity contribution in [1.82, 2.24) is 0 Å². The van der Waals surface area contributed by atoms with Crippen molar-refractivity contribution in [1.29, 1.82) is 0 Å². The highest BCUT2D eigenvalue weighted by Crippen LogP contribution is 2.63. The van der Waals surface area contributed by atoms with E-state index in [0.29, 0.717) is 94.5 Å². The predicted molar refractivity (Wildman–Crippen MR) is 176 cm³/mol. The van der Waals surface area contributed by atoms with Crippen LogP contribution in [0.4, 0.5) is 0 Å². The minimum Gasteiger partial charge on any atom is -0.508 e. The van der Waals surface area contributed by atoms with Crippen LogP contribution in [-0.4, -0.2) is 77.8 Å². The fourth-order valence-corrected chi connectivity index (χ4v) is 8.65. The number of hydrogen-bond acceptors (Lipinski definition) is 7. The van der Waals surface area contributed by atoms with Gasteiger partial charge in [0, 0.05) is 13.7 Å². The second kappa shape index (κ2) is 17.8. The third-order valence-electron chi connectivity index (χ3n) is 10.8. The first-order valence-corrected chi connectivity index (χ1v) is 17.4. The molecule has 0 amide bonds. The van der Waals surface area contributed by atoms with E-state index in [4.69, 9.17) is 28.4 Å². The van der Waals surface area contributed by atoms with Crippen LogP contribution in [0.2, 0.25) is 0 Å². The Morgan fingerprint density at radius 3 is 2.11 bits per heavy atom. The van der Waals surface area contributed by atoms with Gasteiger partial charge in [0.2, 0.25) is 0 Å². The maximum atomic E-state index is 10.2. The predicted octanol–water partition coefficient (Wildman–Crippen LogP) is 6.94. The van der Waals surface area contributed by atoms with E-state index in [9.17, 15) is 5.11 Å². The van der Waals surface area contributed by atoms with Crippen molar-refractivity contribution < 1.29 is 33.5 Å². The number of unbranched alkanes of at least 4 members (excludes halogenated alkanes) is 1. The zero-order valence-electron chi connectivity index (χ0n) is 27.6. The second-order valence-corrected chi connectivity index (χ2v) is 13.5. The maximum absolute atomic E-state index is 10.2. The summed E-state index contributed by atoms with van der Waals surface area (Å²) in [7, 11) is 1.91. The summed E-state index contributed by atoms with van der Waals surface area (Å²) < 4.78 is 34.3. The Balaban J connectivity index is 0.899. The number of benzene rings is 2. The summed E-state index contributed by atoms with van der Waals surface area (Å²) in [6.45, 7) is 8.48. The van der Waals surface area contributed by atoms with Crippen molar-refractivity contribution in [2.45, 2.75) is 76.9 Å². The number of rotatable bonds is 20. The number of fused-ring (bicyclic) bond motifs is 5. The number of phenols is 1. The summed E-state index contributed by atoms with van der Waals surface area (Å²) >= 11 is 0. The molecular formula is C38H56O7. The van der Waals surface area contributed by atoms with Gasteiger partial charge in [0.15, 0.2) is 0 Å². The molecule has 6 atom stereocenters. The van der Waals surface area contributed by atoms with E-state index in [0.717, 1.165) is 25.4 Å². The fraction of sp³-hybridized carbons (Fsp3) is 0.684. The van der Waals surface area contributed by atoms with E-state index in [1.165, 1.54) is 55.2 Å². The van der Waals surface area contributed by atoms with Gasteiger partial charge in [0.1, 0.15) is 5.75 Å². The lowest BCUT2D eigenvalue weighted by atomic mass is 9.52. The molecule has 7 nitrogen and oxygen atoms in total. The molecule has 2 fully saturated rings. The van der Waals surface area contributed by atoms with Crippen LogP contribution in [0.5, 0.6) is 5.75 Å². The fourth-order valence-electron chi connectivity index (χ4n) is 8.65. The molecule has 250 valence electrons. The van der Waals surface area contributed by atoms with Gasteiger partial charge in [-0.1, -0.05) is 49.7 Å². The Bertz CT molecular complexity index is 1130. The van der Waals surface area contributed by atoms with Crippen molar-refractivity contribution in [3.8, 4) is 5.75 Å². The van der Waals surface area contributed by atoms with Gasteiger partial charge < -0.3 is 33.5 Å². The monoisotopic (exact) mass is 624 g/mol. The van der Waals surface area contributed by atoms with Crippen molar-refractivity contribution in [3.05, 3.63) is 65.2 Å². The zero-order valence-corrected chi connectivity index (χ0v) is 27.6. The van der Waals surface area contributed by atoms with Crippen molar-refractivity contribution in [2.75, 3.05) is 66.6 Å². The van der Waals surface area contributed by atoms with E-state index in [-0.39, 0.29) is 0 Å². The average Bonchev–Trinajstić information content (AvgIpc) is 3.40. The lowest BCUT2D eigenvalue weighted by Gasteiger charge is -2.53. The Morgan fingerprint density at radius 2 is 1.42 bits per heavy atom. The number of phenolic OH excluding ortho intramolecular Hbond substituents is 1. The summed E-state index contributed by atoms with van der Waals surface area (Å²) in [5.74, 6) is 3.11. The first-order chi connectivity index (χ1) is 22.1. The van der Waals surface area contributed by atoms with Crippen molar-refractivity contribution in [3.63, 3.8) is 0 Å². The SMILES string of the molecule is COC1CCC2C3C(CCCCOCCOCCOCCOCCOCc4ccccc4)Cc4cc(O)ccc4C3CCC12C. The molecular weight excluding hydrogens is 568 g/mol. The molecule has 0 saturated heterocycles. The van der Waals surface area contributed by atoms with Gasteiger partial charge in [-0.25, -0.2) is 0 Å². The van der Waals surface area contributed by atoms with Gasteiger partial charge in [-0.05, 0) is 103 Å². The summed E-state index contributed by atoms with van der Waals surface area (Å²) in [6.07, 6.45) is 9.90. The molecule has 7 heteroatoms. The summed E-state index contributed by atoms with van der Waals surface area (Å²) in [5, 5.41) is 10.2. The highest BCUT2D eigenvalue weighted by atomic mass is 16.6. The van der Waals surface area contributed by atoms with Crippen LogP contribution in [0, 0.1) is 23.2 Å². The number of ether oxygens (including phenoxy) is 6. The van der Waals surface area contributed by atoms with Crippen LogP contribution in [0.3, 0.4) is 0 Å². The van der Waals surface area contributed by atoms with E-state index in [2.05, 4.69) is 25.1 Å². The van der Waals surface area contributed by atoms with Gasteiger partial charge in [-0.15, -0.1) is 0 Å². The van der Waals surface area contributed by atoms with Crippen LogP contribution < -0.4 is 0 Å². The molecule has 5 rings (SSSR count). The quantitative estimate of drug-likeness (QED) is 0.160. The molecule has 0 radical (unpaired) electrons. The first kappa shape index (κ1) is 34.3. The molecule has 6 unspecified atom stereocenters. The minimum atomic E-state index is 0.294. The van der Waals surface area contributed by atoms with E-state index < -0.39 is 0 Å². The van der Waals surface area contributed by atoms with Crippen LogP contribution in [0.25, 0.3) is 0 Å². The molecule has 2 aromatic carbocycles. The summed E-state index contributed by atoms with van der Waals surface area (Å²) in [6, 6.07) is 16.3. The Morgan fingerprint density at radius 1 is 0.756 bits per heavy atom. The van der Waals surface area contributed by atoms with Crippen LogP contribution >= 0.6 is 0 Å². The van der Waals surface area contributed by atoms with Gasteiger partial charge in [-0.3, -0.25) is 0 Å². The molecule has 45 heavy (non-hydrogen) atoms. The minimum absolute atomic E-state index is 0.294. The lowest BCUT2D eigenvalue weighted by molar-refractivity contribution is -0.0573. The van der Waals surface area contributed by atoms with Crippen LogP contribution in [0.1, 0.15) is 74.5 Å². The third-order valence-corrected chi connectivity index (χ3v) is 10.8. The average molecular weight is 625 g/mol. The third kappa shape index (κ3) is 9.30. The lowest BCUT2D eigenvalue weighted by Crippen LogP contribution is -2.47. The van der Waals surface area contributed by atoms with Crippen LogP contribution in [0.15, 0.2) is 48.5 Å². The smallest absolute Gasteiger partial charge is 0.115 e. The molecule has 1 N–H and O–H groups in total.